The first-order valence-electron chi connectivity index (χ1n) is 7.43. The van der Waals surface area contributed by atoms with Crippen LogP contribution in [0.5, 0.6) is 0 Å². The molecule has 1 amide bonds. The van der Waals surface area contributed by atoms with Gasteiger partial charge in [-0.1, -0.05) is 13.8 Å². The van der Waals surface area contributed by atoms with Gasteiger partial charge in [-0.3, -0.25) is 0 Å². The van der Waals surface area contributed by atoms with Crippen molar-refractivity contribution in [1.82, 2.24) is 10.6 Å². The molecule has 1 rings (SSSR count). The van der Waals surface area contributed by atoms with E-state index in [0.29, 0.717) is 12.5 Å². The van der Waals surface area contributed by atoms with Gasteiger partial charge < -0.3 is 15.4 Å². The largest absolute Gasteiger partial charge is 0.444 e. The SMILES string of the molecule is Cc1ccc(CNC(CNC(=O)OC(C)(C)C)C(C)C)s1. The predicted molar refractivity (Wildman–Crippen MR) is 88.8 cm³/mol. The fourth-order valence-corrected chi connectivity index (χ4v) is 2.70. The van der Waals surface area contributed by atoms with Gasteiger partial charge in [-0.25, -0.2) is 4.79 Å². The first-order valence-corrected chi connectivity index (χ1v) is 8.24. The molecule has 0 spiro atoms. The summed E-state index contributed by atoms with van der Waals surface area (Å²) in [6, 6.07) is 4.50. The monoisotopic (exact) mass is 312 g/mol. The summed E-state index contributed by atoms with van der Waals surface area (Å²) in [4.78, 5) is 14.3. The van der Waals surface area contributed by atoms with Crippen LogP contribution in [0.1, 0.15) is 44.4 Å². The molecule has 0 saturated heterocycles. The molecule has 0 fully saturated rings. The molecule has 0 aromatic carbocycles. The topological polar surface area (TPSA) is 50.4 Å². The summed E-state index contributed by atoms with van der Waals surface area (Å²) < 4.78 is 5.26. The lowest BCUT2D eigenvalue weighted by Gasteiger charge is -2.24. The van der Waals surface area contributed by atoms with Gasteiger partial charge in [-0.2, -0.15) is 0 Å². The number of amides is 1. The molecule has 0 bridgehead atoms. The van der Waals surface area contributed by atoms with Crippen LogP contribution >= 0.6 is 11.3 Å². The maximum absolute atomic E-state index is 11.7. The molecular formula is C16H28N2O2S. The summed E-state index contributed by atoms with van der Waals surface area (Å²) in [5.41, 5.74) is -0.459. The summed E-state index contributed by atoms with van der Waals surface area (Å²) in [5, 5.41) is 6.35. The number of aryl methyl sites for hydroxylation is 1. The zero-order chi connectivity index (χ0) is 16.0. The van der Waals surface area contributed by atoms with Crippen molar-refractivity contribution in [3.05, 3.63) is 21.9 Å². The van der Waals surface area contributed by atoms with Crippen molar-refractivity contribution in [2.45, 2.75) is 59.7 Å². The summed E-state index contributed by atoms with van der Waals surface area (Å²) in [5.74, 6) is 0.431. The van der Waals surface area contributed by atoms with E-state index in [1.54, 1.807) is 11.3 Å². The molecule has 0 aliphatic carbocycles. The first kappa shape index (κ1) is 18.0. The molecule has 1 heterocycles. The fraction of sp³-hybridized carbons (Fsp3) is 0.688. The van der Waals surface area contributed by atoms with Gasteiger partial charge in [0.25, 0.3) is 0 Å². The molecule has 1 atom stereocenters. The van der Waals surface area contributed by atoms with Crippen LogP contribution in [0.15, 0.2) is 12.1 Å². The molecular weight excluding hydrogens is 284 g/mol. The number of rotatable bonds is 6. The van der Waals surface area contributed by atoms with E-state index in [1.165, 1.54) is 9.75 Å². The van der Waals surface area contributed by atoms with Crippen molar-refractivity contribution < 1.29 is 9.53 Å². The van der Waals surface area contributed by atoms with Crippen LogP contribution in [0.3, 0.4) is 0 Å². The van der Waals surface area contributed by atoms with E-state index < -0.39 is 5.60 Å². The van der Waals surface area contributed by atoms with E-state index in [4.69, 9.17) is 4.74 Å². The Kier molecular flexibility index (Phi) is 6.68. The van der Waals surface area contributed by atoms with Crippen molar-refractivity contribution in [2.24, 2.45) is 5.92 Å². The maximum Gasteiger partial charge on any atom is 0.407 e. The summed E-state index contributed by atoms with van der Waals surface area (Å²) in [7, 11) is 0. The van der Waals surface area contributed by atoms with Gasteiger partial charge in [0, 0.05) is 28.9 Å². The highest BCUT2D eigenvalue weighted by atomic mass is 32.1. The number of alkyl carbamates (subject to hydrolysis) is 1. The number of nitrogens with one attached hydrogen (secondary N) is 2. The number of carbonyl (C=O) groups is 1. The lowest BCUT2D eigenvalue weighted by molar-refractivity contribution is 0.0519. The number of carbonyl (C=O) groups excluding carboxylic acids is 1. The average molecular weight is 312 g/mol. The van der Waals surface area contributed by atoms with E-state index in [9.17, 15) is 4.79 Å². The number of hydrogen-bond donors (Lipinski definition) is 2. The molecule has 4 nitrogen and oxygen atoms in total. The minimum atomic E-state index is -0.459. The standard InChI is InChI=1S/C16H28N2O2S/c1-11(2)14(10-18-15(19)20-16(4,5)6)17-9-13-8-7-12(3)21-13/h7-8,11,14,17H,9-10H2,1-6H3,(H,18,19). The van der Waals surface area contributed by atoms with Gasteiger partial charge in [-0.15, -0.1) is 11.3 Å². The van der Waals surface area contributed by atoms with Gasteiger partial charge >= 0.3 is 6.09 Å². The Hall–Kier alpha value is -1.07. The normalized spacial score (nSPS) is 13.3. The molecule has 120 valence electrons. The first-order chi connectivity index (χ1) is 9.67. The second-order valence-corrected chi connectivity index (χ2v) is 8.00. The van der Waals surface area contributed by atoms with Gasteiger partial charge in [-0.05, 0) is 45.7 Å². The molecule has 0 aliphatic rings. The Morgan fingerprint density at radius 3 is 2.48 bits per heavy atom. The van der Waals surface area contributed by atoms with Crippen LogP contribution in [0.2, 0.25) is 0 Å². The van der Waals surface area contributed by atoms with Gasteiger partial charge in [0.1, 0.15) is 5.60 Å². The summed E-state index contributed by atoms with van der Waals surface area (Å²) in [6.07, 6.45) is -0.359. The fourth-order valence-electron chi connectivity index (χ4n) is 1.86. The second kappa shape index (κ2) is 7.80. The predicted octanol–water partition coefficient (Wildman–Crippen LogP) is 3.70. The molecule has 5 heteroatoms. The third-order valence-corrected chi connectivity index (χ3v) is 4.01. The van der Waals surface area contributed by atoms with E-state index in [2.05, 4.69) is 43.5 Å². The van der Waals surface area contributed by atoms with E-state index in [-0.39, 0.29) is 12.1 Å². The van der Waals surface area contributed by atoms with E-state index in [0.717, 1.165) is 6.54 Å². The molecule has 1 unspecified atom stereocenters. The van der Waals surface area contributed by atoms with Crippen LogP contribution in [0.25, 0.3) is 0 Å². The van der Waals surface area contributed by atoms with E-state index >= 15 is 0 Å². The number of hydrogen-bond acceptors (Lipinski definition) is 4. The zero-order valence-corrected chi connectivity index (χ0v) is 14.8. The lowest BCUT2D eigenvalue weighted by atomic mass is 10.0. The van der Waals surface area contributed by atoms with Gasteiger partial charge in [0.15, 0.2) is 0 Å². The molecule has 1 aromatic heterocycles. The number of ether oxygens (including phenoxy) is 1. The third-order valence-electron chi connectivity index (χ3n) is 3.00. The van der Waals surface area contributed by atoms with Crippen molar-refractivity contribution in [3.63, 3.8) is 0 Å². The van der Waals surface area contributed by atoms with Gasteiger partial charge in [0.2, 0.25) is 0 Å². The van der Waals surface area contributed by atoms with Crippen LogP contribution in [-0.2, 0) is 11.3 Å². The highest BCUT2D eigenvalue weighted by Crippen LogP contribution is 2.15. The quantitative estimate of drug-likeness (QED) is 0.842. The Morgan fingerprint density at radius 1 is 1.33 bits per heavy atom. The minimum Gasteiger partial charge on any atom is -0.444 e. The smallest absolute Gasteiger partial charge is 0.407 e. The summed E-state index contributed by atoms with van der Waals surface area (Å²) >= 11 is 1.80. The molecule has 0 aliphatic heterocycles. The maximum atomic E-state index is 11.7. The van der Waals surface area contributed by atoms with Crippen molar-refractivity contribution in [3.8, 4) is 0 Å². The van der Waals surface area contributed by atoms with Crippen LogP contribution in [0.4, 0.5) is 4.79 Å². The molecule has 0 radical (unpaired) electrons. The Balaban J connectivity index is 2.41. The molecule has 21 heavy (non-hydrogen) atoms. The zero-order valence-electron chi connectivity index (χ0n) is 13.9. The lowest BCUT2D eigenvalue weighted by Crippen LogP contribution is -2.45. The number of thiophene rings is 1. The highest BCUT2D eigenvalue weighted by Gasteiger charge is 2.18. The average Bonchev–Trinajstić information content (AvgIpc) is 2.72. The van der Waals surface area contributed by atoms with Gasteiger partial charge in [0.05, 0.1) is 0 Å². The van der Waals surface area contributed by atoms with E-state index in [1.807, 2.05) is 20.8 Å². The van der Waals surface area contributed by atoms with Crippen molar-refractivity contribution >= 4 is 17.4 Å². The minimum absolute atomic E-state index is 0.222. The molecule has 2 N–H and O–H groups in total. The molecule has 0 saturated carbocycles. The third kappa shape index (κ3) is 7.48. The Labute approximate surface area is 132 Å². The highest BCUT2D eigenvalue weighted by molar-refractivity contribution is 7.11. The van der Waals surface area contributed by atoms with Crippen molar-refractivity contribution in [2.75, 3.05) is 6.54 Å². The van der Waals surface area contributed by atoms with Crippen LogP contribution in [0, 0.1) is 12.8 Å². The Morgan fingerprint density at radius 2 is 2.00 bits per heavy atom. The van der Waals surface area contributed by atoms with Crippen LogP contribution in [-0.4, -0.2) is 24.3 Å². The van der Waals surface area contributed by atoms with Crippen molar-refractivity contribution in [1.29, 1.82) is 0 Å². The second-order valence-electron chi connectivity index (χ2n) is 6.63. The summed E-state index contributed by atoms with van der Waals surface area (Å²) in [6.45, 7) is 13.4. The Bertz CT molecular complexity index is 449. The molecule has 1 aromatic rings. The van der Waals surface area contributed by atoms with Crippen LogP contribution < -0.4 is 10.6 Å².